The molecule has 2 aromatic rings. The third kappa shape index (κ3) is 2.50. The van der Waals surface area contributed by atoms with Gasteiger partial charge in [-0.25, -0.2) is 0 Å². The van der Waals surface area contributed by atoms with Gasteiger partial charge in [0.2, 0.25) is 5.76 Å². The first-order chi connectivity index (χ1) is 13.5. The summed E-state index contributed by atoms with van der Waals surface area (Å²) in [5, 5.41) is 4.16. The van der Waals surface area contributed by atoms with E-state index in [1.165, 1.54) is 12.8 Å². The van der Waals surface area contributed by atoms with Gasteiger partial charge in [0.15, 0.2) is 0 Å². The Kier molecular flexibility index (Phi) is 4.02. The number of rotatable bonds is 3. The number of carbonyl (C=O) groups excluding carboxylic acids is 1. The smallest absolute Gasteiger partial charge is 0.293 e. The third-order valence-corrected chi connectivity index (χ3v) is 7.23. The molecule has 2 aliphatic heterocycles. The van der Waals surface area contributed by atoms with Crippen LogP contribution >= 0.6 is 0 Å². The number of hydrogen-bond acceptors (Lipinski definition) is 5. The van der Waals surface area contributed by atoms with E-state index in [-0.39, 0.29) is 17.4 Å². The summed E-state index contributed by atoms with van der Waals surface area (Å²) in [6.07, 6.45) is 4.59. The zero-order valence-electron chi connectivity index (χ0n) is 16.7. The summed E-state index contributed by atoms with van der Waals surface area (Å²) in [7, 11) is 3.85. The van der Waals surface area contributed by atoms with Gasteiger partial charge in [-0.3, -0.25) is 4.79 Å². The van der Waals surface area contributed by atoms with Gasteiger partial charge in [0, 0.05) is 41.7 Å². The first-order valence-electron chi connectivity index (χ1n) is 10.2. The van der Waals surface area contributed by atoms with Crippen LogP contribution in [0.4, 0.5) is 0 Å². The second kappa shape index (κ2) is 6.34. The highest BCUT2D eigenvalue weighted by molar-refractivity contribution is 5.93. The van der Waals surface area contributed by atoms with Gasteiger partial charge < -0.3 is 19.1 Å². The number of carbonyl (C=O) groups is 1. The molecule has 6 nitrogen and oxygen atoms in total. The topological polar surface area (TPSA) is 58.8 Å². The molecule has 0 spiro atoms. The van der Waals surface area contributed by atoms with Gasteiger partial charge in [0.1, 0.15) is 11.4 Å². The number of ether oxygens (including phenoxy) is 1. The normalized spacial score (nSPS) is 31.8. The quantitative estimate of drug-likeness (QED) is 0.815. The molecule has 4 atom stereocenters. The lowest BCUT2D eigenvalue weighted by Gasteiger charge is -2.48. The molecule has 1 amide bonds. The van der Waals surface area contributed by atoms with E-state index in [1.807, 2.05) is 24.3 Å². The van der Waals surface area contributed by atoms with E-state index in [0.29, 0.717) is 23.5 Å². The molecule has 3 heterocycles. The molecule has 2 saturated heterocycles. The van der Waals surface area contributed by atoms with Crippen LogP contribution < -0.4 is 4.74 Å². The van der Waals surface area contributed by atoms with Crippen molar-refractivity contribution in [2.45, 2.75) is 50.7 Å². The first kappa shape index (κ1) is 17.7. The molecule has 1 saturated carbocycles. The monoisotopic (exact) mass is 381 g/mol. The number of benzene rings is 1. The lowest BCUT2D eigenvalue weighted by molar-refractivity contribution is 0.0242. The average molecular weight is 381 g/mol. The van der Waals surface area contributed by atoms with Crippen LogP contribution in [0.2, 0.25) is 0 Å². The Morgan fingerprint density at radius 3 is 2.93 bits per heavy atom. The zero-order valence-corrected chi connectivity index (χ0v) is 16.7. The zero-order chi connectivity index (χ0) is 19.5. The summed E-state index contributed by atoms with van der Waals surface area (Å²) >= 11 is 0. The molecule has 0 unspecified atom stereocenters. The van der Waals surface area contributed by atoms with Crippen LogP contribution in [0.1, 0.15) is 43.2 Å². The van der Waals surface area contributed by atoms with Crippen LogP contribution in [-0.2, 0) is 0 Å². The van der Waals surface area contributed by atoms with Gasteiger partial charge in [-0.15, -0.1) is 0 Å². The van der Waals surface area contributed by atoms with E-state index in [9.17, 15) is 4.79 Å². The molecule has 28 heavy (non-hydrogen) atoms. The van der Waals surface area contributed by atoms with Gasteiger partial charge in [0.25, 0.3) is 5.91 Å². The number of hydrogen-bond donors (Lipinski definition) is 0. The Morgan fingerprint density at radius 1 is 1.29 bits per heavy atom. The van der Waals surface area contributed by atoms with Crippen molar-refractivity contribution < 1.29 is 14.1 Å². The summed E-state index contributed by atoms with van der Waals surface area (Å²) in [6, 6.07) is 10.5. The van der Waals surface area contributed by atoms with Crippen molar-refractivity contribution in [3.8, 4) is 17.0 Å². The van der Waals surface area contributed by atoms with Crippen molar-refractivity contribution in [3.63, 3.8) is 0 Å². The van der Waals surface area contributed by atoms with Crippen molar-refractivity contribution in [1.29, 1.82) is 0 Å². The van der Waals surface area contributed by atoms with E-state index in [0.717, 1.165) is 30.7 Å². The van der Waals surface area contributed by atoms with E-state index in [2.05, 4.69) is 28.9 Å². The molecular weight excluding hydrogens is 354 g/mol. The standard InChI is InChI=1S/C22H27N3O3/c1-22-12-15-13-24(2)19(22)8-5-9-20(22)25(15)21(26)18-11-17(23-28-18)14-6-4-7-16(10-14)27-3/h4,6-7,10-11,15,19-20H,5,8-9,12-13H2,1-3H3/t15-,19+,20-,22+/m0/s1. The Labute approximate surface area is 165 Å². The van der Waals surface area contributed by atoms with Crippen molar-refractivity contribution in [2.24, 2.45) is 5.41 Å². The van der Waals surface area contributed by atoms with Crippen LogP contribution in [0.5, 0.6) is 5.75 Å². The number of piperidine rings is 1. The molecule has 2 bridgehead atoms. The number of aromatic nitrogens is 1. The summed E-state index contributed by atoms with van der Waals surface area (Å²) < 4.78 is 10.8. The predicted octanol–water partition coefficient (Wildman–Crippen LogP) is 3.44. The molecule has 1 aromatic heterocycles. The summed E-state index contributed by atoms with van der Waals surface area (Å²) in [4.78, 5) is 18.0. The van der Waals surface area contributed by atoms with Gasteiger partial charge in [-0.2, -0.15) is 0 Å². The second-order valence-electron chi connectivity index (χ2n) is 8.79. The fraction of sp³-hybridized carbons (Fsp3) is 0.545. The molecule has 1 aliphatic carbocycles. The van der Waals surface area contributed by atoms with Crippen LogP contribution in [0.25, 0.3) is 11.3 Å². The molecule has 148 valence electrons. The Bertz CT molecular complexity index is 910. The van der Waals surface area contributed by atoms with Crippen LogP contribution in [0, 0.1) is 5.41 Å². The number of fused-ring (bicyclic) bond motifs is 1. The largest absolute Gasteiger partial charge is 0.497 e. The van der Waals surface area contributed by atoms with Gasteiger partial charge in [0.05, 0.1) is 7.11 Å². The van der Waals surface area contributed by atoms with E-state index in [1.54, 1.807) is 13.2 Å². The molecule has 3 aliphatic rings. The average Bonchev–Trinajstić information content (AvgIpc) is 3.28. The van der Waals surface area contributed by atoms with Crippen molar-refractivity contribution in [3.05, 3.63) is 36.1 Å². The fourth-order valence-corrected chi connectivity index (χ4v) is 6.04. The van der Waals surface area contributed by atoms with E-state index < -0.39 is 0 Å². The van der Waals surface area contributed by atoms with E-state index >= 15 is 0 Å². The van der Waals surface area contributed by atoms with Crippen LogP contribution in [0.15, 0.2) is 34.9 Å². The Hall–Kier alpha value is -2.34. The van der Waals surface area contributed by atoms with Crippen LogP contribution in [0.3, 0.4) is 0 Å². The van der Waals surface area contributed by atoms with Gasteiger partial charge in [-0.05, 0) is 44.9 Å². The highest BCUT2D eigenvalue weighted by atomic mass is 16.5. The highest BCUT2D eigenvalue weighted by Crippen LogP contribution is 2.54. The molecule has 5 rings (SSSR count). The maximum atomic E-state index is 13.5. The number of likely N-dealkylation sites (tertiary alicyclic amines) is 2. The van der Waals surface area contributed by atoms with Crippen molar-refractivity contribution >= 4 is 5.91 Å². The maximum Gasteiger partial charge on any atom is 0.293 e. The lowest BCUT2D eigenvalue weighted by atomic mass is 9.66. The second-order valence-corrected chi connectivity index (χ2v) is 8.79. The molecule has 0 N–H and O–H groups in total. The Morgan fingerprint density at radius 2 is 2.11 bits per heavy atom. The predicted molar refractivity (Wildman–Crippen MR) is 105 cm³/mol. The van der Waals surface area contributed by atoms with E-state index in [4.69, 9.17) is 9.26 Å². The molecule has 3 fully saturated rings. The molecule has 0 radical (unpaired) electrons. The van der Waals surface area contributed by atoms with Gasteiger partial charge >= 0.3 is 0 Å². The molecular formula is C22H27N3O3. The van der Waals surface area contributed by atoms with Crippen molar-refractivity contribution in [2.75, 3.05) is 20.7 Å². The van der Waals surface area contributed by atoms with Gasteiger partial charge in [-0.1, -0.05) is 24.2 Å². The maximum absolute atomic E-state index is 13.5. The fourth-order valence-electron chi connectivity index (χ4n) is 6.04. The van der Waals surface area contributed by atoms with Crippen LogP contribution in [-0.4, -0.2) is 59.7 Å². The Balaban J connectivity index is 1.45. The highest BCUT2D eigenvalue weighted by Gasteiger charge is 2.60. The number of likely N-dealkylation sites (N-methyl/N-ethyl adjacent to an activating group) is 1. The minimum atomic E-state index is -0.0173. The summed E-state index contributed by atoms with van der Waals surface area (Å²) in [5.74, 6) is 1.07. The van der Waals surface area contributed by atoms with Crippen molar-refractivity contribution in [1.82, 2.24) is 15.0 Å². The number of methoxy groups -OCH3 is 1. The third-order valence-electron chi connectivity index (χ3n) is 7.23. The summed E-state index contributed by atoms with van der Waals surface area (Å²) in [5.41, 5.74) is 1.72. The summed E-state index contributed by atoms with van der Waals surface area (Å²) in [6.45, 7) is 3.32. The minimum Gasteiger partial charge on any atom is -0.497 e. The number of amides is 1. The molecule has 1 aromatic carbocycles. The lowest BCUT2D eigenvalue weighted by Crippen LogP contribution is -2.54. The minimum absolute atomic E-state index is 0.0173. The molecule has 6 heteroatoms. The SMILES string of the molecule is COc1cccc(-c2cc(C(=O)N3[C@@H]4CN(C)[C@@H]5CCC[C@H]3[C@]5(C)C4)on2)c1. The first-order valence-corrected chi connectivity index (χ1v) is 10.2. The number of nitrogens with zero attached hydrogens (tertiary/aromatic N) is 3.